The molecule has 178 valence electrons. The number of amides is 5. The number of nitrogens with one attached hydrogen (secondary N) is 1. The minimum absolute atomic E-state index is 0.0766. The first kappa shape index (κ1) is 23.2. The van der Waals surface area contributed by atoms with E-state index in [-0.39, 0.29) is 18.4 Å². The summed E-state index contributed by atoms with van der Waals surface area (Å²) in [5, 5.41) is 5.01. The molecule has 3 heterocycles. The second-order valence-electron chi connectivity index (χ2n) is 8.25. The molecule has 1 aromatic rings. The van der Waals surface area contributed by atoms with Crippen molar-refractivity contribution in [3.05, 3.63) is 45.3 Å². The summed E-state index contributed by atoms with van der Waals surface area (Å²) in [4.78, 5) is 72.9. The molecule has 2 fully saturated rings. The van der Waals surface area contributed by atoms with E-state index < -0.39 is 35.8 Å². The van der Waals surface area contributed by atoms with Crippen molar-refractivity contribution < 1.29 is 28.8 Å². The molecule has 0 radical (unpaired) electrons. The lowest BCUT2D eigenvalue weighted by atomic mass is 9.99. The zero-order valence-corrected chi connectivity index (χ0v) is 18.3. The third-order valence-corrected chi connectivity index (χ3v) is 6.26. The molecule has 0 bridgehead atoms. The number of hydrogen-bond acceptors (Lipinski definition) is 8. The predicted molar refractivity (Wildman–Crippen MR) is 115 cm³/mol. The fraction of sp³-hybridized carbons (Fsp3) is 0.476. The van der Waals surface area contributed by atoms with E-state index in [0.29, 0.717) is 38.2 Å². The number of fused-ring (bicyclic) bond motifs is 1. The molecular weight excluding hydrogens is 446 g/mol. The molecule has 13 nitrogen and oxygen atoms in total. The van der Waals surface area contributed by atoms with Gasteiger partial charge in [0.2, 0.25) is 11.8 Å². The van der Waals surface area contributed by atoms with E-state index in [1.165, 1.54) is 4.90 Å². The third kappa shape index (κ3) is 4.56. The van der Waals surface area contributed by atoms with E-state index >= 15 is 0 Å². The van der Waals surface area contributed by atoms with Gasteiger partial charge in [0.25, 0.3) is 11.8 Å². The molecule has 1 atom stereocenters. The summed E-state index contributed by atoms with van der Waals surface area (Å²) in [7, 11) is 0. The fourth-order valence-electron chi connectivity index (χ4n) is 4.55. The first-order valence-electron chi connectivity index (χ1n) is 11.0. The molecule has 5 amide bonds. The number of benzene rings is 1. The Balaban J connectivity index is 1.35. The summed E-state index contributed by atoms with van der Waals surface area (Å²) in [6.45, 7) is 2.85. The zero-order valence-electron chi connectivity index (χ0n) is 18.3. The van der Waals surface area contributed by atoms with Crippen LogP contribution in [0.3, 0.4) is 0 Å². The third-order valence-electron chi connectivity index (χ3n) is 6.26. The van der Waals surface area contributed by atoms with Crippen LogP contribution < -0.4 is 5.32 Å². The van der Waals surface area contributed by atoms with Crippen molar-refractivity contribution >= 4 is 29.7 Å². The van der Waals surface area contributed by atoms with Crippen molar-refractivity contribution in [3.63, 3.8) is 0 Å². The van der Waals surface area contributed by atoms with Crippen LogP contribution in [0.4, 0.5) is 4.79 Å². The minimum Gasteiger partial charge on any atom is -0.342 e. The highest BCUT2D eigenvalue weighted by Crippen LogP contribution is 2.30. The maximum Gasteiger partial charge on any atom is 0.421 e. The van der Waals surface area contributed by atoms with Gasteiger partial charge in [-0.25, -0.2) is 4.79 Å². The van der Waals surface area contributed by atoms with Crippen LogP contribution in [0, 0.1) is 0 Å². The van der Waals surface area contributed by atoms with Crippen molar-refractivity contribution in [1.82, 2.24) is 20.0 Å². The molecule has 1 unspecified atom stereocenters. The van der Waals surface area contributed by atoms with Gasteiger partial charge >= 0.3 is 6.09 Å². The van der Waals surface area contributed by atoms with E-state index in [4.69, 9.17) is 5.53 Å². The summed E-state index contributed by atoms with van der Waals surface area (Å²) in [6.07, 6.45) is 0.798. The number of rotatable bonds is 6. The van der Waals surface area contributed by atoms with Gasteiger partial charge in [-0.2, -0.15) is 0 Å². The van der Waals surface area contributed by atoms with Crippen molar-refractivity contribution in [1.29, 1.82) is 0 Å². The van der Waals surface area contributed by atoms with Gasteiger partial charge in [-0.1, -0.05) is 12.1 Å². The molecule has 0 aromatic heterocycles. The van der Waals surface area contributed by atoms with E-state index in [2.05, 4.69) is 25.2 Å². The second kappa shape index (κ2) is 9.89. The Labute approximate surface area is 194 Å². The van der Waals surface area contributed by atoms with Crippen LogP contribution in [0.2, 0.25) is 0 Å². The van der Waals surface area contributed by atoms with Crippen LogP contribution in [0.1, 0.15) is 45.5 Å². The topological polar surface area (TPSA) is 165 Å². The average Bonchev–Trinajstić information content (AvgIpc) is 3.09. The lowest BCUT2D eigenvalue weighted by Gasteiger charge is -2.33. The number of azide groups is 1. The molecule has 0 saturated carbocycles. The summed E-state index contributed by atoms with van der Waals surface area (Å²) in [6, 6.07) is 4.13. The van der Waals surface area contributed by atoms with Gasteiger partial charge in [-0.3, -0.25) is 34.3 Å². The molecule has 2 saturated heterocycles. The summed E-state index contributed by atoms with van der Waals surface area (Å²) < 4.78 is 0. The standard InChI is InChI=1S/C21H23N7O6/c22-24-25-34-21(33)27-11-9-26(10-12-27)8-2-4-13-3-1-5-14-17(13)20(32)28(19(14)31)15-6-7-16(29)23-18(15)30/h1,3,5,15H,2,4,6-12H2,(H,23,29,30). The van der Waals surface area contributed by atoms with E-state index in [9.17, 15) is 24.0 Å². The number of piperazine rings is 1. The zero-order chi connectivity index (χ0) is 24.2. The number of carbonyl (C=O) groups is 5. The molecule has 1 N–H and O–H groups in total. The first-order chi connectivity index (χ1) is 16.4. The number of aryl methyl sites for hydroxylation is 1. The second-order valence-corrected chi connectivity index (χ2v) is 8.25. The number of hydrogen-bond donors (Lipinski definition) is 1. The Morgan fingerprint density at radius 1 is 1.15 bits per heavy atom. The molecule has 34 heavy (non-hydrogen) atoms. The molecule has 1 aromatic carbocycles. The Morgan fingerprint density at radius 3 is 2.62 bits per heavy atom. The quantitative estimate of drug-likeness (QED) is 0.213. The lowest BCUT2D eigenvalue weighted by Crippen LogP contribution is -2.54. The van der Waals surface area contributed by atoms with Crippen LogP contribution in [-0.2, 0) is 20.8 Å². The highest BCUT2D eigenvalue weighted by atomic mass is 16.7. The fourth-order valence-corrected chi connectivity index (χ4v) is 4.55. The normalized spacial score (nSPS) is 20.6. The van der Waals surface area contributed by atoms with Gasteiger partial charge in [-0.05, 0) is 43.0 Å². The summed E-state index contributed by atoms with van der Waals surface area (Å²) >= 11 is 0. The summed E-state index contributed by atoms with van der Waals surface area (Å²) in [5.74, 6) is -2.06. The first-order valence-corrected chi connectivity index (χ1v) is 11.0. The highest BCUT2D eigenvalue weighted by Gasteiger charge is 2.45. The van der Waals surface area contributed by atoms with Gasteiger partial charge in [0.1, 0.15) is 11.3 Å². The molecule has 3 aliphatic rings. The van der Waals surface area contributed by atoms with Gasteiger partial charge in [-0.15, -0.1) is 0 Å². The van der Waals surface area contributed by atoms with Crippen LogP contribution in [0.5, 0.6) is 0 Å². The van der Waals surface area contributed by atoms with Crippen molar-refractivity contribution in [2.45, 2.75) is 31.7 Å². The van der Waals surface area contributed by atoms with E-state index in [0.717, 1.165) is 23.4 Å². The highest BCUT2D eigenvalue weighted by molar-refractivity contribution is 6.24. The minimum atomic E-state index is -0.986. The Kier molecular flexibility index (Phi) is 6.75. The maximum atomic E-state index is 13.1. The van der Waals surface area contributed by atoms with Crippen molar-refractivity contribution in [2.24, 2.45) is 5.28 Å². The van der Waals surface area contributed by atoms with Crippen LogP contribution in [0.25, 0.3) is 10.4 Å². The molecule has 4 rings (SSSR count). The average molecular weight is 469 g/mol. The number of nitrogens with zero attached hydrogens (tertiary/aromatic N) is 6. The Hall–Kier alpha value is -3.96. The van der Waals surface area contributed by atoms with Gasteiger partial charge in [0.05, 0.1) is 11.1 Å². The smallest absolute Gasteiger partial charge is 0.342 e. The van der Waals surface area contributed by atoms with Crippen molar-refractivity contribution in [2.75, 3.05) is 32.7 Å². The van der Waals surface area contributed by atoms with Crippen LogP contribution in [0.15, 0.2) is 23.5 Å². The Bertz CT molecular complexity index is 1090. The largest absolute Gasteiger partial charge is 0.421 e. The van der Waals surface area contributed by atoms with E-state index in [1.807, 2.05) is 6.07 Å². The SMILES string of the molecule is [N-]=[N+]=NOC(=O)N1CCN(CCCc2cccc3c2C(=O)N(C2CCC(=O)NC2=O)C3=O)CC1. The van der Waals surface area contributed by atoms with E-state index in [1.54, 1.807) is 12.1 Å². The molecule has 13 heteroatoms. The Morgan fingerprint density at radius 2 is 1.91 bits per heavy atom. The molecule has 0 spiro atoms. The van der Waals surface area contributed by atoms with Crippen LogP contribution in [-0.4, -0.2) is 83.2 Å². The van der Waals surface area contributed by atoms with Crippen LogP contribution >= 0.6 is 0 Å². The molecular formula is C21H23N7O6. The number of piperidine rings is 1. The molecule has 0 aliphatic carbocycles. The van der Waals surface area contributed by atoms with Crippen molar-refractivity contribution in [3.8, 4) is 0 Å². The van der Waals surface area contributed by atoms with Gasteiger partial charge < -0.3 is 9.74 Å². The predicted octanol–water partition coefficient (Wildman–Crippen LogP) is 1.000. The number of carbonyl (C=O) groups excluding carboxylic acids is 5. The molecule has 3 aliphatic heterocycles. The number of imide groups is 2. The monoisotopic (exact) mass is 469 g/mol. The maximum absolute atomic E-state index is 13.1. The van der Waals surface area contributed by atoms with Gasteiger partial charge in [0, 0.05) is 37.5 Å². The van der Waals surface area contributed by atoms with Gasteiger partial charge in [0.15, 0.2) is 0 Å². The summed E-state index contributed by atoms with van der Waals surface area (Å²) in [5.41, 5.74) is 9.56. The lowest BCUT2D eigenvalue weighted by molar-refractivity contribution is -0.136.